The van der Waals surface area contributed by atoms with Crippen molar-refractivity contribution >= 4 is 45.8 Å². The van der Waals surface area contributed by atoms with Crippen LogP contribution in [0.4, 0.5) is 0 Å². The summed E-state index contributed by atoms with van der Waals surface area (Å²) in [6, 6.07) is 51.2. The predicted molar refractivity (Wildman–Crippen MR) is 177 cm³/mol. The first-order chi connectivity index (χ1) is 21.4. The zero-order valence-electron chi connectivity index (χ0n) is 23.1. The van der Waals surface area contributed by atoms with Crippen LogP contribution in [0.2, 0.25) is 0 Å². The Morgan fingerprint density at radius 3 is 1.26 bits per heavy atom. The number of hydrogen-bond donors (Lipinski definition) is 0. The van der Waals surface area contributed by atoms with Crippen molar-refractivity contribution < 1.29 is 0 Å². The van der Waals surface area contributed by atoms with Gasteiger partial charge in [-0.05, 0) is 64.1 Å². The van der Waals surface area contributed by atoms with Crippen LogP contribution in [-0.2, 0) is 0 Å². The molecule has 9 aromatic rings. The summed E-state index contributed by atoms with van der Waals surface area (Å²) < 4.78 is 10.2. The van der Waals surface area contributed by atoms with E-state index in [2.05, 4.69) is 157 Å². The minimum absolute atomic E-state index is 0.0203. The van der Waals surface area contributed by atoms with Gasteiger partial charge in [-0.2, -0.15) is 0 Å². The highest BCUT2D eigenvalue weighted by Gasteiger charge is 2.43. The number of aromatic nitrogens is 4. The van der Waals surface area contributed by atoms with Gasteiger partial charge in [0.2, 0.25) is 0 Å². The lowest BCUT2D eigenvalue weighted by molar-refractivity contribution is 1.14. The maximum absolute atomic E-state index is 2.60. The summed E-state index contributed by atoms with van der Waals surface area (Å²) in [5.41, 5.74) is 19.0. The Morgan fingerprint density at radius 2 is 0.791 bits per heavy atom. The Labute approximate surface area is 247 Å². The van der Waals surface area contributed by atoms with E-state index in [0.29, 0.717) is 0 Å². The molecule has 0 radical (unpaired) electrons. The SMILES string of the molecule is c1ccc(-c2cc3c4n(c5ccccc5n24)B2c4c-3cccc4-c3cc(-c4ccccc4)n4c5ccccc5n2c34)cc1. The maximum Gasteiger partial charge on any atom is 0.424 e. The predicted octanol–water partition coefficient (Wildman–Crippen LogP) is 8.19. The number of fused-ring (bicyclic) bond motifs is 10. The molecule has 0 bridgehead atoms. The Kier molecular flexibility index (Phi) is 3.88. The molecule has 2 aliphatic heterocycles. The van der Waals surface area contributed by atoms with E-state index in [-0.39, 0.29) is 6.98 Å². The molecular formula is C38H23BN4. The van der Waals surface area contributed by atoms with Crippen molar-refractivity contribution in [2.75, 3.05) is 0 Å². The van der Waals surface area contributed by atoms with Crippen molar-refractivity contribution in [3.05, 3.63) is 140 Å². The standard InChI is InChI=1S/C38H23BN4/c1-3-12-24(13-4-1)34-22-28-26-16-11-17-27-29-23-35(25-14-5-2-6-15-25)41-31-19-8-10-21-33(31)43(38(29)41)39(36(26)27)42-32-20-9-7-18-30(32)40(34)37(28)42/h1-23H. The molecule has 0 saturated carbocycles. The number of imidazole rings is 2. The fourth-order valence-electron chi connectivity index (χ4n) is 8.13. The molecule has 0 saturated heterocycles. The average Bonchev–Trinajstić information content (AvgIpc) is 3.83. The number of rotatable bonds is 2. The lowest BCUT2D eigenvalue weighted by Crippen LogP contribution is -2.50. The highest BCUT2D eigenvalue weighted by molar-refractivity contribution is 6.78. The first-order valence-corrected chi connectivity index (χ1v) is 14.9. The number of nitrogens with zero attached hydrogens (tertiary/aromatic N) is 4. The average molecular weight is 546 g/mol. The highest BCUT2D eigenvalue weighted by atomic mass is 15.2. The van der Waals surface area contributed by atoms with E-state index >= 15 is 0 Å². The highest BCUT2D eigenvalue weighted by Crippen LogP contribution is 2.46. The van der Waals surface area contributed by atoms with Gasteiger partial charge < -0.3 is 8.96 Å². The Bertz CT molecular complexity index is 2440. The monoisotopic (exact) mass is 546 g/mol. The minimum atomic E-state index is -0.0203. The molecule has 0 spiro atoms. The van der Waals surface area contributed by atoms with Gasteiger partial charge >= 0.3 is 6.98 Å². The minimum Gasteiger partial charge on any atom is -0.345 e. The van der Waals surface area contributed by atoms with Crippen molar-refractivity contribution in [2.45, 2.75) is 0 Å². The molecule has 0 atom stereocenters. The third-order valence-electron chi connectivity index (χ3n) is 9.74. The topological polar surface area (TPSA) is 18.7 Å². The summed E-state index contributed by atoms with van der Waals surface area (Å²) in [4.78, 5) is 0. The summed E-state index contributed by atoms with van der Waals surface area (Å²) >= 11 is 0. The second kappa shape index (κ2) is 7.58. The zero-order valence-corrected chi connectivity index (χ0v) is 23.1. The largest absolute Gasteiger partial charge is 0.424 e. The quantitative estimate of drug-likeness (QED) is 0.195. The van der Waals surface area contributed by atoms with Gasteiger partial charge in [-0.25, -0.2) is 0 Å². The third-order valence-corrected chi connectivity index (χ3v) is 9.74. The molecule has 0 amide bonds. The van der Waals surface area contributed by atoms with Gasteiger partial charge in [0.15, 0.2) is 0 Å². The van der Waals surface area contributed by atoms with Crippen LogP contribution in [-0.4, -0.2) is 24.7 Å². The van der Waals surface area contributed by atoms with Gasteiger partial charge in [-0.3, -0.25) is 8.80 Å². The first-order valence-electron chi connectivity index (χ1n) is 14.9. The molecule has 4 aromatic heterocycles. The van der Waals surface area contributed by atoms with E-state index in [1.165, 1.54) is 83.6 Å². The Balaban J connectivity index is 1.36. The number of para-hydroxylation sites is 4. The molecule has 43 heavy (non-hydrogen) atoms. The first kappa shape index (κ1) is 22.0. The third kappa shape index (κ3) is 2.52. The van der Waals surface area contributed by atoms with Gasteiger partial charge in [-0.15, -0.1) is 0 Å². The lowest BCUT2D eigenvalue weighted by Gasteiger charge is -2.31. The molecule has 5 heteroatoms. The fourth-order valence-corrected chi connectivity index (χ4v) is 8.13. The number of hydrogen-bond acceptors (Lipinski definition) is 0. The zero-order chi connectivity index (χ0) is 27.8. The molecule has 198 valence electrons. The van der Waals surface area contributed by atoms with Crippen LogP contribution < -0.4 is 5.46 Å². The van der Waals surface area contributed by atoms with Crippen molar-refractivity contribution in [3.8, 4) is 44.8 Å². The summed E-state index contributed by atoms with van der Waals surface area (Å²) in [6.45, 7) is -0.0203. The second-order valence-electron chi connectivity index (χ2n) is 11.8. The molecule has 0 fully saturated rings. The van der Waals surface area contributed by atoms with E-state index in [4.69, 9.17) is 0 Å². The van der Waals surface area contributed by atoms with Gasteiger partial charge in [0.1, 0.15) is 11.3 Å². The van der Waals surface area contributed by atoms with Gasteiger partial charge in [-0.1, -0.05) is 103 Å². The van der Waals surface area contributed by atoms with Crippen LogP contribution in [0, 0.1) is 0 Å². The summed E-state index contributed by atoms with van der Waals surface area (Å²) in [7, 11) is 0. The van der Waals surface area contributed by atoms with Crippen molar-refractivity contribution in [2.24, 2.45) is 0 Å². The fraction of sp³-hybridized carbons (Fsp3) is 0. The lowest BCUT2D eigenvalue weighted by atomic mass is 9.58. The molecule has 5 aromatic carbocycles. The molecular weight excluding hydrogens is 523 g/mol. The van der Waals surface area contributed by atoms with Crippen LogP contribution in [0.25, 0.3) is 78.1 Å². The van der Waals surface area contributed by atoms with Gasteiger partial charge in [0.05, 0.1) is 33.5 Å². The molecule has 2 aliphatic rings. The van der Waals surface area contributed by atoms with E-state index < -0.39 is 0 Å². The van der Waals surface area contributed by atoms with E-state index in [0.717, 1.165) is 0 Å². The van der Waals surface area contributed by atoms with Crippen LogP contribution in [0.5, 0.6) is 0 Å². The van der Waals surface area contributed by atoms with Crippen LogP contribution in [0.1, 0.15) is 0 Å². The summed E-state index contributed by atoms with van der Waals surface area (Å²) in [5.74, 6) is 0. The molecule has 6 heterocycles. The van der Waals surface area contributed by atoms with E-state index in [9.17, 15) is 0 Å². The van der Waals surface area contributed by atoms with Crippen molar-refractivity contribution in [1.29, 1.82) is 0 Å². The molecule has 0 aliphatic carbocycles. The van der Waals surface area contributed by atoms with Crippen molar-refractivity contribution in [3.63, 3.8) is 0 Å². The number of benzene rings is 5. The second-order valence-corrected chi connectivity index (χ2v) is 11.8. The van der Waals surface area contributed by atoms with Gasteiger partial charge in [0.25, 0.3) is 0 Å². The molecule has 0 unspecified atom stereocenters. The smallest absolute Gasteiger partial charge is 0.345 e. The molecule has 0 N–H and O–H groups in total. The van der Waals surface area contributed by atoms with Crippen LogP contribution >= 0.6 is 0 Å². The van der Waals surface area contributed by atoms with Gasteiger partial charge in [0, 0.05) is 11.1 Å². The van der Waals surface area contributed by atoms with E-state index in [1.807, 2.05) is 0 Å². The van der Waals surface area contributed by atoms with Crippen LogP contribution in [0.3, 0.4) is 0 Å². The van der Waals surface area contributed by atoms with Crippen molar-refractivity contribution in [1.82, 2.24) is 17.8 Å². The summed E-state index contributed by atoms with van der Waals surface area (Å²) in [6.07, 6.45) is 0. The van der Waals surface area contributed by atoms with Crippen LogP contribution in [0.15, 0.2) is 140 Å². The normalized spacial score (nSPS) is 13.1. The Morgan fingerprint density at radius 1 is 0.372 bits per heavy atom. The Hall–Kier alpha value is -5.68. The molecule has 11 rings (SSSR count). The summed E-state index contributed by atoms with van der Waals surface area (Å²) in [5, 5.41) is 0. The molecule has 4 nitrogen and oxygen atoms in total. The maximum atomic E-state index is 2.60. The van der Waals surface area contributed by atoms with E-state index in [1.54, 1.807) is 0 Å².